The van der Waals surface area contributed by atoms with Crippen molar-refractivity contribution < 1.29 is 19.1 Å². The number of anilines is 2. The number of ether oxygens (including phenoxy) is 1. The molecule has 0 spiro atoms. The van der Waals surface area contributed by atoms with Gasteiger partial charge in [-0.25, -0.2) is 9.78 Å². The molecule has 170 valence electrons. The molecule has 1 amide bonds. The molecular formula is C24H23ClN4O4. The maximum Gasteiger partial charge on any atom is 0.343 e. The fourth-order valence-electron chi connectivity index (χ4n) is 3.26. The molecule has 0 atom stereocenters. The van der Waals surface area contributed by atoms with E-state index in [9.17, 15) is 14.4 Å². The molecule has 9 heteroatoms. The topological polar surface area (TPSA) is 101 Å². The van der Waals surface area contributed by atoms with E-state index in [0.717, 1.165) is 5.56 Å². The fourth-order valence-corrected chi connectivity index (χ4v) is 3.44. The molecule has 0 aliphatic rings. The van der Waals surface area contributed by atoms with Crippen LogP contribution in [0, 0.1) is 6.92 Å². The second kappa shape index (κ2) is 10.7. The van der Waals surface area contributed by atoms with E-state index in [1.165, 1.54) is 4.90 Å². The predicted octanol–water partition coefficient (Wildman–Crippen LogP) is 4.44. The van der Waals surface area contributed by atoms with Gasteiger partial charge in [0.25, 0.3) is 5.91 Å². The first-order valence-corrected chi connectivity index (χ1v) is 10.6. The highest BCUT2D eigenvalue weighted by atomic mass is 35.5. The summed E-state index contributed by atoms with van der Waals surface area (Å²) >= 11 is 6.16. The molecule has 0 unspecified atom stereocenters. The average molecular weight is 467 g/mol. The van der Waals surface area contributed by atoms with Gasteiger partial charge in [-0.3, -0.25) is 9.59 Å². The summed E-state index contributed by atoms with van der Waals surface area (Å²) in [5.41, 5.74) is 2.50. The van der Waals surface area contributed by atoms with Crippen molar-refractivity contribution in [2.75, 3.05) is 19.0 Å². The average Bonchev–Trinajstić information content (AvgIpc) is 2.78. The number of aryl methyl sites for hydroxylation is 1. The third-order valence-electron chi connectivity index (χ3n) is 4.77. The van der Waals surface area contributed by atoms with Gasteiger partial charge < -0.3 is 15.0 Å². The lowest BCUT2D eigenvalue weighted by molar-refractivity contribution is 0.0522. The molecule has 1 heterocycles. The van der Waals surface area contributed by atoms with E-state index in [-0.39, 0.29) is 46.6 Å². The number of benzene rings is 2. The van der Waals surface area contributed by atoms with Crippen LogP contribution in [0.25, 0.3) is 0 Å². The Kier molecular flexibility index (Phi) is 7.74. The largest absolute Gasteiger partial charge is 0.462 e. The molecule has 1 aromatic heterocycles. The van der Waals surface area contributed by atoms with Crippen LogP contribution in [0.5, 0.6) is 0 Å². The predicted molar refractivity (Wildman–Crippen MR) is 125 cm³/mol. The van der Waals surface area contributed by atoms with Crippen molar-refractivity contribution in [1.82, 2.24) is 14.9 Å². The summed E-state index contributed by atoms with van der Waals surface area (Å²) in [4.78, 5) is 46.9. The zero-order valence-electron chi connectivity index (χ0n) is 18.5. The van der Waals surface area contributed by atoms with Crippen molar-refractivity contribution >= 4 is 41.3 Å². The molecule has 0 fully saturated rings. The molecule has 1 N–H and O–H groups in total. The minimum atomic E-state index is -0.645. The minimum absolute atomic E-state index is 0.0646. The summed E-state index contributed by atoms with van der Waals surface area (Å²) in [6.45, 7) is 3.71. The molecular weight excluding hydrogens is 444 g/mol. The lowest BCUT2D eigenvalue weighted by Gasteiger charge is -2.20. The van der Waals surface area contributed by atoms with Crippen LogP contribution < -0.4 is 5.32 Å². The first-order valence-electron chi connectivity index (χ1n) is 10.2. The number of nitrogens with zero attached hydrogens (tertiary/aromatic N) is 3. The van der Waals surface area contributed by atoms with Crippen LogP contribution in [0.4, 0.5) is 11.5 Å². The third kappa shape index (κ3) is 5.72. The lowest BCUT2D eigenvalue weighted by Crippen LogP contribution is -2.29. The highest BCUT2D eigenvalue weighted by Gasteiger charge is 2.25. The number of hydrogen-bond donors (Lipinski definition) is 1. The first kappa shape index (κ1) is 23.9. The highest BCUT2D eigenvalue weighted by Crippen LogP contribution is 2.26. The maximum absolute atomic E-state index is 13.0. The Balaban J connectivity index is 2.01. The third-order valence-corrected chi connectivity index (χ3v) is 4.94. The second-order valence-corrected chi connectivity index (χ2v) is 7.58. The SMILES string of the molecule is CCOC(=O)c1c(CN(C)C(=O)c2ccccc2C=O)nc(Cl)nc1Nc1cccc(C)c1. The second-order valence-electron chi connectivity index (χ2n) is 7.24. The van der Waals surface area contributed by atoms with Crippen LogP contribution in [0.3, 0.4) is 0 Å². The fraction of sp³-hybridized carbons (Fsp3) is 0.208. The van der Waals surface area contributed by atoms with Gasteiger partial charge in [-0.05, 0) is 49.2 Å². The quantitative estimate of drug-likeness (QED) is 0.297. The zero-order valence-corrected chi connectivity index (χ0v) is 19.2. The Morgan fingerprint density at radius 2 is 1.91 bits per heavy atom. The van der Waals surface area contributed by atoms with Crippen LogP contribution in [0.2, 0.25) is 5.28 Å². The van der Waals surface area contributed by atoms with E-state index in [2.05, 4.69) is 15.3 Å². The van der Waals surface area contributed by atoms with E-state index in [1.54, 1.807) is 38.2 Å². The summed E-state index contributed by atoms with van der Waals surface area (Å²) in [6.07, 6.45) is 0.622. The Hall–Kier alpha value is -3.78. The van der Waals surface area contributed by atoms with E-state index in [0.29, 0.717) is 12.0 Å². The van der Waals surface area contributed by atoms with Gasteiger partial charge in [-0.15, -0.1) is 0 Å². The van der Waals surface area contributed by atoms with Gasteiger partial charge >= 0.3 is 5.97 Å². The van der Waals surface area contributed by atoms with E-state index < -0.39 is 11.9 Å². The van der Waals surface area contributed by atoms with E-state index in [4.69, 9.17) is 16.3 Å². The maximum atomic E-state index is 13.0. The lowest BCUT2D eigenvalue weighted by atomic mass is 10.1. The van der Waals surface area contributed by atoms with Crippen molar-refractivity contribution in [2.45, 2.75) is 20.4 Å². The Bertz CT molecular complexity index is 1200. The summed E-state index contributed by atoms with van der Waals surface area (Å²) in [6, 6.07) is 14.0. The Morgan fingerprint density at radius 1 is 1.15 bits per heavy atom. The Labute approximate surface area is 196 Å². The van der Waals surface area contributed by atoms with Crippen LogP contribution in [0.1, 0.15) is 49.3 Å². The van der Waals surface area contributed by atoms with Crippen LogP contribution in [-0.2, 0) is 11.3 Å². The number of carbonyl (C=O) groups is 3. The van der Waals surface area contributed by atoms with Crippen LogP contribution >= 0.6 is 11.6 Å². The number of carbonyl (C=O) groups excluding carboxylic acids is 3. The van der Waals surface area contributed by atoms with Crippen molar-refractivity contribution in [3.8, 4) is 0 Å². The molecule has 0 aliphatic carbocycles. The molecule has 0 radical (unpaired) electrons. The number of aromatic nitrogens is 2. The number of esters is 1. The van der Waals surface area contributed by atoms with Crippen LogP contribution in [0.15, 0.2) is 48.5 Å². The number of aldehydes is 1. The monoisotopic (exact) mass is 466 g/mol. The zero-order chi connectivity index (χ0) is 24.0. The van der Waals surface area contributed by atoms with Gasteiger partial charge in [0, 0.05) is 18.3 Å². The smallest absolute Gasteiger partial charge is 0.343 e. The van der Waals surface area contributed by atoms with Gasteiger partial charge in [-0.1, -0.05) is 30.3 Å². The molecule has 0 saturated carbocycles. The summed E-state index contributed by atoms with van der Waals surface area (Å²) in [5, 5.41) is 3.01. The van der Waals surface area contributed by atoms with Crippen molar-refractivity contribution in [3.05, 3.63) is 81.8 Å². The molecule has 33 heavy (non-hydrogen) atoms. The van der Waals surface area contributed by atoms with Gasteiger partial charge in [-0.2, -0.15) is 4.98 Å². The molecule has 0 saturated heterocycles. The van der Waals surface area contributed by atoms with Crippen molar-refractivity contribution in [2.24, 2.45) is 0 Å². The number of rotatable bonds is 8. The minimum Gasteiger partial charge on any atom is -0.462 e. The van der Waals surface area contributed by atoms with Crippen molar-refractivity contribution in [1.29, 1.82) is 0 Å². The highest BCUT2D eigenvalue weighted by molar-refractivity contribution is 6.28. The molecule has 2 aromatic carbocycles. The van der Waals surface area contributed by atoms with Gasteiger partial charge in [0.1, 0.15) is 11.4 Å². The number of amides is 1. The number of hydrogen-bond acceptors (Lipinski definition) is 7. The molecule has 0 bridgehead atoms. The van der Waals surface area contributed by atoms with E-state index >= 15 is 0 Å². The normalized spacial score (nSPS) is 10.4. The summed E-state index contributed by atoms with van der Waals surface area (Å²) < 4.78 is 5.22. The molecule has 3 aromatic rings. The van der Waals surface area contributed by atoms with E-state index in [1.807, 2.05) is 31.2 Å². The number of nitrogens with one attached hydrogen (secondary N) is 1. The standard InChI is InChI=1S/C24H23ClN4O4/c1-4-33-23(32)20-19(13-29(3)22(31)18-11-6-5-9-16(18)14-30)27-24(25)28-21(20)26-17-10-7-8-15(2)12-17/h5-12,14H,4,13H2,1-3H3,(H,26,27,28). The molecule has 3 rings (SSSR count). The summed E-state index contributed by atoms with van der Waals surface area (Å²) in [7, 11) is 1.54. The summed E-state index contributed by atoms with van der Waals surface area (Å²) in [5.74, 6) is -0.882. The number of halogens is 1. The Morgan fingerprint density at radius 3 is 2.61 bits per heavy atom. The first-order chi connectivity index (χ1) is 15.8. The van der Waals surface area contributed by atoms with Crippen molar-refractivity contribution in [3.63, 3.8) is 0 Å². The van der Waals surface area contributed by atoms with Gasteiger partial charge in [0.15, 0.2) is 6.29 Å². The van der Waals surface area contributed by atoms with Crippen LogP contribution in [-0.4, -0.2) is 46.7 Å². The molecule has 0 aliphatic heterocycles. The molecule has 8 nitrogen and oxygen atoms in total. The van der Waals surface area contributed by atoms with Gasteiger partial charge in [0.2, 0.25) is 5.28 Å². The van der Waals surface area contributed by atoms with Gasteiger partial charge in [0.05, 0.1) is 24.4 Å².